The highest BCUT2D eigenvalue weighted by atomic mass is 35.5. The molecule has 0 amide bonds. The molecule has 0 unspecified atom stereocenters. The molecule has 0 heterocycles. The van der Waals surface area contributed by atoms with E-state index in [0.717, 1.165) is 0 Å². The first kappa shape index (κ1) is 10.8. The van der Waals surface area contributed by atoms with E-state index in [1.54, 1.807) is 0 Å². The average Bonchev–Trinajstić information content (AvgIpc) is 1.56. The molecule has 0 aromatic carbocycles. The van der Waals surface area contributed by atoms with Gasteiger partial charge in [-0.3, -0.25) is 0 Å². The second-order valence-corrected chi connectivity index (χ2v) is 3.75. The molecule has 0 spiro atoms. The standard InChI is InChI=1S/C2HClF6OS/c3-2(4)1-10-11(5,6,7,8)9/h1H/b2-1-. The van der Waals surface area contributed by atoms with Crippen LogP contribution in [0.25, 0.3) is 0 Å². The van der Waals surface area contributed by atoms with E-state index in [0.29, 0.717) is 0 Å². The Hall–Kier alpha value is -0.240. The average molecular weight is 223 g/mol. The Labute approximate surface area is 62.5 Å². The molecule has 0 saturated heterocycles. The fraction of sp³-hybridized carbons (Fsp3) is 0. The third-order valence-electron chi connectivity index (χ3n) is 0.319. The van der Waals surface area contributed by atoms with Gasteiger partial charge in [-0.15, -0.1) is 0 Å². The van der Waals surface area contributed by atoms with Gasteiger partial charge >= 0.3 is 10.5 Å². The molecular formula is C2HClF6OS. The Balaban J connectivity index is 4.53. The van der Waals surface area contributed by atoms with Crippen LogP contribution in [0.2, 0.25) is 0 Å². The normalized spacial score (nSPS) is 20.5. The molecule has 0 bridgehead atoms. The molecule has 0 fully saturated rings. The third-order valence-corrected chi connectivity index (χ3v) is 0.868. The van der Waals surface area contributed by atoms with Crippen LogP contribution >= 0.6 is 22.1 Å². The van der Waals surface area contributed by atoms with Gasteiger partial charge in [0.1, 0.15) is 0 Å². The van der Waals surface area contributed by atoms with Crippen LogP contribution in [0.1, 0.15) is 0 Å². The van der Waals surface area contributed by atoms with Gasteiger partial charge in [-0.05, 0) is 11.6 Å². The third kappa shape index (κ3) is 9.76. The summed E-state index contributed by atoms with van der Waals surface area (Å²) in [6.07, 6.45) is -0.914. The summed E-state index contributed by atoms with van der Waals surface area (Å²) in [4.78, 5) is 0. The van der Waals surface area contributed by atoms with Gasteiger partial charge in [-0.1, -0.05) is 19.4 Å². The van der Waals surface area contributed by atoms with E-state index < -0.39 is 22.1 Å². The first-order valence-corrected chi connectivity index (χ1v) is 4.09. The van der Waals surface area contributed by atoms with Crippen molar-refractivity contribution < 1.29 is 28.0 Å². The van der Waals surface area contributed by atoms with Crippen LogP contribution in [-0.4, -0.2) is 0 Å². The van der Waals surface area contributed by atoms with Crippen molar-refractivity contribution in [3.05, 3.63) is 11.5 Å². The van der Waals surface area contributed by atoms with Gasteiger partial charge < -0.3 is 4.18 Å². The predicted octanol–water partition coefficient (Wildman–Crippen LogP) is 4.22. The van der Waals surface area contributed by atoms with Crippen molar-refractivity contribution in [1.29, 1.82) is 0 Å². The number of hydrogen-bond donors (Lipinski definition) is 0. The number of halogens is 7. The van der Waals surface area contributed by atoms with E-state index >= 15 is 0 Å². The Bertz CT molecular complexity index is 186. The molecule has 0 saturated carbocycles. The molecule has 1 nitrogen and oxygen atoms in total. The molecule has 9 heteroatoms. The molecular weight excluding hydrogens is 222 g/mol. The molecule has 0 atom stereocenters. The van der Waals surface area contributed by atoms with Gasteiger partial charge in [0.05, 0.1) is 0 Å². The SMILES string of the molecule is F/C(Cl)=C\OS(F)(F)(F)(F)F. The lowest BCUT2D eigenvalue weighted by Crippen LogP contribution is -2.06. The highest BCUT2D eigenvalue weighted by molar-refractivity contribution is 8.42. The quantitative estimate of drug-likeness (QED) is 0.502. The van der Waals surface area contributed by atoms with Crippen LogP contribution in [0.15, 0.2) is 11.5 Å². The van der Waals surface area contributed by atoms with Crippen molar-refractivity contribution >= 4 is 22.1 Å². The summed E-state index contributed by atoms with van der Waals surface area (Å²) in [5.41, 5.74) is 0. The predicted molar refractivity (Wildman–Crippen MR) is 29.3 cm³/mol. The summed E-state index contributed by atoms with van der Waals surface area (Å²) in [6, 6.07) is 0. The van der Waals surface area contributed by atoms with Crippen LogP contribution in [0.5, 0.6) is 0 Å². The van der Waals surface area contributed by atoms with Gasteiger partial charge in [0.2, 0.25) is 5.29 Å². The molecule has 0 aliphatic heterocycles. The van der Waals surface area contributed by atoms with Crippen molar-refractivity contribution in [2.45, 2.75) is 0 Å². The Morgan fingerprint density at radius 2 is 1.55 bits per heavy atom. The van der Waals surface area contributed by atoms with Gasteiger partial charge in [-0.25, -0.2) is 0 Å². The molecule has 70 valence electrons. The fourth-order valence-electron chi connectivity index (χ4n) is 0.127. The summed E-state index contributed by atoms with van der Waals surface area (Å²) >= 11 is 4.16. The number of rotatable bonds is 2. The van der Waals surface area contributed by atoms with Crippen LogP contribution in [0, 0.1) is 0 Å². The minimum atomic E-state index is -10.0. The molecule has 0 aromatic rings. The van der Waals surface area contributed by atoms with E-state index in [1.165, 1.54) is 0 Å². The summed E-state index contributed by atoms with van der Waals surface area (Å²) in [6.45, 7) is 0. The van der Waals surface area contributed by atoms with E-state index in [2.05, 4.69) is 11.6 Å². The molecule has 0 radical (unpaired) electrons. The lowest BCUT2D eigenvalue weighted by Gasteiger charge is -2.37. The monoisotopic (exact) mass is 222 g/mol. The van der Waals surface area contributed by atoms with Gasteiger partial charge in [0, 0.05) is 0 Å². The second kappa shape index (κ2) is 1.92. The Kier molecular flexibility index (Phi) is 1.88. The van der Waals surface area contributed by atoms with E-state index in [-0.39, 0.29) is 0 Å². The summed E-state index contributed by atoms with van der Waals surface area (Å²) in [7, 11) is -10.0. The Morgan fingerprint density at radius 1 is 1.18 bits per heavy atom. The van der Waals surface area contributed by atoms with Crippen LogP contribution in [0.4, 0.5) is 23.8 Å². The Morgan fingerprint density at radius 3 is 1.64 bits per heavy atom. The molecule has 0 rings (SSSR count). The topological polar surface area (TPSA) is 9.23 Å². The van der Waals surface area contributed by atoms with E-state index in [1.807, 2.05) is 4.18 Å². The maximum absolute atomic E-state index is 11.3. The van der Waals surface area contributed by atoms with Crippen molar-refractivity contribution in [3.63, 3.8) is 0 Å². The van der Waals surface area contributed by atoms with E-state index in [4.69, 9.17) is 0 Å². The summed E-state index contributed by atoms with van der Waals surface area (Å²) < 4.78 is 68.7. The van der Waals surface area contributed by atoms with Crippen LogP contribution in [0.3, 0.4) is 0 Å². The zero-order valence-corrected chi connectivity index (χ0v) is 6.11. The fourth-order valence-corrected chi connectivity index (χ4v) is 0.491. The lowest BCUT2D eigenvalue weighted by molar-refractivity contribution is 0.212. The van der Waals surface area contributed by atoms with Gasteiger partial charge in [0.15, 0.2) is 6.26 Å². The smallest absolute Gasteiger partial charge is 0.358 e. The van der Waals surface area contributed by atoms with E-state index in [9.17, 15) is 23.8 Å². The first-order valence-electron chi connectivity index (χ1n) is 1.84. The molecule has 0 N–H and O–H groups in total. The van der Waals surface area contributed by atoms with Crippen molar-refractivity contribution in [1.82, 2.24) is 0 Å². The first-order chi connectivity index (χ1) is 4.39. The minimum absolute atomic E-state index is 0.914. The molecule has 0 aliphatic rings. The van der Waals surface area contributed by atoms with Gasteiger partial charge in [0.25, 0.3) is 0 Å². The van der Waals surface area contributed by atoms with Crippen LogP contribution in [-0.2, 0) is 4.18 Å². The van der Waals surface area contributed by atoms with Crippen LogP contribution < -0.4 is 0 Å². The molecule has 11 heavy (non-hydrogen) atoms. The number of hydrogen-bond acceptors (Lipinski definition) is 1. The summed E-state index contributed by atoms with van der Waals surface area (Å²) in [5.74, 6) is 0. The van der Waals surface area contributed by atoms with Crippen molar-refractivity contribution in [2.24, 2.45) is 0 Å². The largest absolute Gasteiger partial charge is 0.435 e. The maximum atomic E-state index is 11.3. The van der Waals surface area contributed by atoms with Gasteiger partial charge in [-0.2, -0.15) is 4.39 Å². The second-order valence-electron chi connectivity index (χ2n) is 1.40. The zero-order valence-electron chi connectivity index (χ0n) is 4.54. The molecule has 0 aromatic heterocycles. The maximum Gasteiger partial charge on any atom is 0.435 e. The summed E-state index contributed by atoms with van der Waals surface area (Å²) in [5, 5.41) is -2.02. The highest BCUT2D eigenvalue weighted by Crippen LogP contribution is 2.98. The zero-order chi connectivity index (χ0) is 9.40. The highest BCUT2D eigenvalue weighted by Gasteiger charge is 2.66. The van der Waals surface area contributed by atoms with Crippen molar-refractivity contribution in [2.75, 3.05) is 0 Å². The minimum Gasteiger partial charge on any atom is -0.358 e. The molecule has 0 aliphatic carbocycles. The van der Waals surface area contributed by atoms with Crippen molar-refractivity contribution in [3.8, 4) is 0 Å². The lowest BCUT2D eigenvalue weighted by atomic mass is 11.1.